The van der Waals surface area contributed by atoms with Crippen molar-refractivity contribution in [1.29, 1.82) is 0 Å². The molecule has 152 valence electrons. The smallest absolute Gasteiger partial charge is 0.223 e. The van der Waals surface area contributed by atoms with Gasteiger partial charge in [-0.05, 0) is 36.2 Å². The van der Waals surface area contributed by atoms with E-state index < -0.39 is 0 Å². The molecule has 0 atom stereocenters. The lowest BCUT2D eigenvalue weighted by Crippen LogP contribution is -2.30. The Morgan fingerprint density at radius 2 is 1.36 bits per heavy atom. The van der Waals surface area contributed by atoms with Gasteiger partial charge in [-0.1, -0.05) is 0 Å². The van der Waals surface area contributed by atoms with E-state index in [1.807, 2.05) is 18.2 Å². The Balaban J connectivity index is 2.28. The number of benzene rings is 2. The van der Waals surface area contributed by atoms with Gasteiger partial charge in [0.25, 0.3) is 0 Å². The third kappa shape index (κ3) is 4.60. The van der Waals surface area contributed by atoms with Gasteiger partial charge >= 0.3 is 0 Å². The number of anilines is 1. The summed E-state index contributed by atoms with van der Waals surface area (Å²) in [5, 5.41) is 0. The van der Waals surface area contributed by atoms with Crippen LogP contribution in [0.4, 0.5) is 5.69 Å². The largest absolute Gasteiger partial charge is 0.493 e. The first-order valence-corrected chi connectivity index (χ1v) is 8.78. The monoisotopic (exact) mass is 389 g/mol. The van der Waals surface area contributed by atoms with Crippen molar-refractivity contribution in [2.75, 3.05) is 47.0 Å². The van der Waals surface area contributed by atoms with Gasteiger partial charge in [-0.15, -0.1) is 0 Å². The number of carbonyl (C=O) groups is 1. The summed E-state index contributed by atoms with van der Waals surface area (Å²) < 4.78 is 26.8. The van der Waals surface area contributed by atoms with Crippen molar-refractivity contribution < 1.29 is 28.5 Å². The van der Waals surface area contributed by atoms with Crippen LogP contribution in [0.25, 0.3) is 0 Å². The van der Waals surface area contributed by atoms with Crippen molar-refractivity contribution in [3.8, 4) is 28.7 Å². The summed E-state index contributed by atoms with van der Waals surface area (Å²) in [4.78, 5) is 13.9. The Hall–Kier alpha value is -3.09. The van der Waals surface area contributed by atoms with Gasteiger partial charge < -0.3 is 28.6 Å². The molecule has 0 bridgehead atoms. The average molecular weight is 389 g/mol. The topological polar surface area (TPSA) is 66.5 Å². The van der Waals surface area contributed by atoms with Gasteiger partial charge in [0.05, 0.1) is 35.5 Å². The molecule has 0 fully saturated rings. The molecule has 0 saturated carbocycles. The Morgan fingerprint density at radius 3 is 1.82 bits per heavy atom. The fourth-order valence-electron chi connectivity index (χ4n) is 2.98. The normalized spacial score (nSPS) is 10.2. The summed E-state index contributed by atoms with van der Waals surface area (Å²) in [6, 6.07) is 9.17. The maximum Gasteiger partial charge on any atom is 0.223 e. The van der Waals surface area contributed by atoms with Gasteiger partial charge in [0.15, 0.2) is 23.0 Å². The molecule has 1 amide bonds. The highest BCUT2D eigenvalue weighted by Gasteiger charge is 2.17. The van der Waals surface area contributed by atoms with Crippen LogP contribution < -0.4 is 28.6 Å². The van der Waals surface area contributed by atoms with Crippen LogP contribution in [-0.4, -0.2) is 48.0 Å². The van der Waals surface area contributed by atoms with E-state index in [9.17, 15) is 4.79 Å². The maximum atomic E-state index is 12.3. The fourth-order valence-corrected chi connectivity index (χ4v) is 2.98. The zero-order valence-corrected chi connectivity index (χ0v) is 17.2. The van der Waals surface area contributed by atoms with Gasteiger partial charge in [-0.3, -0.25) is 4.79 Å². The molecule has 2 aromatic rings. The Labute approximate surface area is 165 Å². The highest BCUT2D eigenvalue weighted by atomic mass is 16.5. The second-order valence-electron chi connectivity index (χ2n) is 5.99. The van der Waals surface area contributed by atoms with E-state index in [1.165, 1.54) is 6.92 Å². The van der Waals surface area contributed by atoms with Crippen LogP contribution in [0.5, 0.6) is 28.7 Å². The van der Waals surface area contributed by atoms with E-state index in [2.05, 4.69) is 0 Å². The second kappa shape index (κ2) is 9.73. The molecule has 0 spiro atoms. The maximum absolute atomic E-state index is 12.3. The van der Waals surface area contributed by atoms with Gasteiger partial charge in [0.1, 0.15) is 0 Å². The quantitative estimate of drug-likeness (QED) is 0.655. The number of amides is 1. The van der Waals surface area contributed by atoms with E-state index in [-0.39, 0.29) is 5.91 Å². The molecule has 0 aromatic heterocycles. The van der Waals surface area contributed by atoms with Crippen molar-refractivity contribution in [1.82, 2.24) is 0 Å². The van der Waals surface area contributed by atoms with Crippen LogP contribution in [0.1, 0.15) is 12.5 Å². The van der Waals surface area contributed by atoms with Crippen molar-refractivity contribution in [3.63, 3.8) is 0 Å². The lowest BCUT2D eigenvalue weighted by atomic mass is 10.1. The molecule has 0 aliphatic heterocycles. The van der Waals surface area contributed by atoms with Crippen molar-refractivity contribution in [2.24, 2.45) is 0 Å². The molecule has 7 nitrogen and oxygen atoms in total. The SMILES string of the molecule is COc1ccc(N(CCc2cc(OC)c(OC)c(OC)c2)C(C)=O)cc1OC. The molecule has 0 radical (unpaired) electrons. The number of methoxy groups -OCH3 is 5. The zero-order chi connectivity index (χ0) is 20.7. The molecule has 0 aliphatic carbocycles. The van der Waals surface area contributed by atoms with Gasteiger partial charge in [-0.2, -0.15) is 0 Å². The van der Waals surface area contributed by atoms with E-state index in [0.717, 1.165) is 11.3 Å². The van der Waals surface area contributed by atoms with Crippen LogP contribution >= 0.6 is 0 Å². The molecule has 0 saturated heterocycles. The van der Waals surface area contributed by atoms with Gasteiger partial charge in [0, 0.05) is 25.2 Å². The third-order valence-electron chi connectivity index (χ3n) is 4.41. The van der Waals surface area contributed by atoms with E-state index in [4.69, 9.17) is 23.7 Å². The minimum Gasteiger partial charge on any atom is -0.493 e. The number of carbonyl (C=O) groups excluding carboxylic acids is 1. The van der Waals surface area contributed by atoms with Crippen LogP contribution in [0, 0.1) is 0 Å². The first kappa shape index (κ1) is 21.2. The minimum atomic E-state index is -0.0698. The van der Waals surface area contributed by atoms with Crippen molar-refractivity contribution in [2.45, 2.75) is 13.3 Å². The molecule has 2 aromatic carbocycles. The predicted octanol–water partition coefficient (Wildman–Crippen LogP) is 3.33. The molecule has 2 rings (SSSR count). The lowest BCUT2D eigenvalue weighted by Gasteiger charge is -2.23. The molecule has 28 heavy (non-hydrogen) atoms. The highest BCUT2D eigenvalue weighted by molar-refractivity contribution is 5.91. The first-order chi connectivity index (χ1) is 13.5. The Morgan fingerprint density at radius 1 is 0.786 bits per heavy atom. The predicted molar refractivity (Wildman–Crippen MR) is 107 cm³/mol. The van der Waals surface area contributed by atoms with Crippen molar-refractivity contribution >= 4 is 11.6 Å². The number of hydrogen-bond donors (Lipinski definition) is 0. The van der Waals surface area contributed by atoms with E-state index in [0.29, 0.717) is 41.7 Å². The molecule has 7 heteroatoms. The molecule has 0 N–H and O–H groups in total. The second-order valence-corrected chi connectivity index (χ2v) is 5.99. The van der Waals surface area contributed by atoms with Crippen molar-refractivity contribution in [3.05, 3.63) is 35.9 Å². The third-order valence-corrected chi connectivity index (χ3v) is 4.41. The number of nitrogens with zero attached hydrogens (tertiary/aromatic N) is 1. The minimum absolute atomic E-state index is 0.0698. The standard InChI is InChI=1S/C21H27NO6/c1-14(23)22(16-7-8-17(24-2)18(13-16)25-3)10-9-15-11-19(26-4)21(28-6)20(12-15)27-5/h7-8,11-13H,9-10H2,1-6H3. The number of rotatable bonds is 9. The summed E-state index contributed by atoms with van der Waals surface area (Å²) >= 11 is 0. The Kier molecular flexibility index (Phi) is 7.37. The Bertz CT molecular complexity index is 796. The zero-order valence-electron chi connectivity index (χ0n) is 17.2. The summed E-state index contributed by atoms with van der Waals surface area (Å²) in [7, 11) is 7.86. The first-order valence-electron chi connectivity index (χ1n) is 8.78. The molecule has 0 heterocycles. The van der Waals surface area contributed by atoms with Crippen LogP contribution in [-0.2, 0) is 11.2 Å². The lowest BCUT2D eigenvalue weighted by molar-refractivity contribution is -0.116. The summed E-state index contributed by atoms with van der Waals surface area (Å²) in [6.45, 7) is 2.01. The average Bonchev–Trinajstić information content (AvgIpc) is 2.72. The summed E-state index contributed by atoms with van der Waals surface area (Å²) in [5.74, 6) is 2.81. The molecular weight excluding hydrogens is 362 g/mol. The van der Waals surface area contributed by atoms with E-state index >= 15 is 0 Å². The molecular formula is C21H27NO6. The van der Waals surface area contributed by atoms with Crippen LogP contribution in [0.15, 0.2) is 30.3 Å². The summed E-state index contributed by atoms with van der Waals surface area (Å²) in [5.41, 5.74) is 1.69. The molecule has 0 unspecified atom stereocenters. The summed E-state index contributed by atoms with van der Waals surface area (Å²) in [6.07, 6.45) is 0.602. The van der Waals surface area contributed by atoms with Gasteiger partial charge in [0.2, 0.25) is 11.7 Å². The van der Waals surface area contributed by atoms with Crippen LogP contribution in [0.2, 0.25) is 0 Å². The number of hydrogen-bond acceptors (Lipinski definition) is 6. The number of ether oxygens (including phenoxy) is 5. The van der Waals surface area contributed by atoms with Crippen LogP contribution in [0.3, 0.4) is 0 Å². The fraction of sp³-hybridized carbons (Fsp3) is 0.381. The highest BCUT2D eigenvalue weighted by Crippen LogP contribution is 2.38. The molecule has 0 aliphatic rings. The van der Waals surface area contributed by atoms with Gasteiger partial charge in [-0.25, -0.2) is 0 Å². The van der Waals surface area contributed by atoms with E-state index in [1.54, 1.807) is 52.6 Å².